The van der Waals surface area contributed by atoms with Gasteiger partial charge in [-0.05, 0) is 34.5 Å². The van der Waals surface area contributed by atoms with Gasteiger partial charge in [0.1, 0.15) is 5.69 Å². The number of carbonyl (C=O) groups is 1. The number of H-pyrrole nitrogens is 1. The van der Waals surface area contributed by atoms with Crippen molar-refractivity contribution in [2.24, 2.45) is 0 Å². The van der Waals surface area contributed by atoms with Crippen LogP contribution in [0.5, 0.6) is 17.2 Å². The van der Waals surface area contributed by atoms with E-state index in [4.69, 9.17) is 25.8 Å². The van der Waals surface area contributed by atoms with Crippen molar-refractivity contribution in [2.45, 2.75) is 5.92 Å². The van der Waals surface area contributed by atoms with Gasteiger partial charge in [-0.2, -0.15) is 0 Å². The number of amides is 1. The van der Waals surface area contributed by atoms with E-state index in [2.05, 4.69) is 23.2 Å². The van der Waals surface area contributed by atoms with Crippen molar-refractivity contribution in [1.29, 1.82) is 0 Å². The summed E-state index contributed by atoms with van der Waals surface area (Å²) >= 11 is 6.33. The summed E-state index contributed by atoms with van der Waals surface area (Å²) in [6, 6.07) is 15.9. The number of nitrogens with one attached hydrogen (secondary N) is 1. The first-order valence-electron chi connectivity index (χ1n) is 10.3. The van der Waals surface area contributed by atoms with Crippen molar-refractivity contribution >= 4 is 44.9 Å². The largest absolute Gasteiger partial charge is 0.493 e. The molecule has 4 aromatic rings. The minimum absolute atomic E-state index is 0.0702. The van der Waals surface area contributed by atoms with Crippen molar-refractivity contribution in [2.75, 3.05) is 38.7 Å². The molecule has 1 N–H and O–H groups in total. The number of alkyl halides is 1. The average Bonchev–Trinajstić information content (AvgIpc) is 3.43. The topological polar surface area (TPSA) is 63.8 Å². The molecule has 0 spiro atoms. The number of aromatic amines is 1. The Morgan fingerprint density at radius 1 is 1.03 bits per heavy atom. The Balaban J connectivity index is 1.62. The highest BCUT2D eigenvalue weighted by atomic mass is 35.5. The minimum atomic E-state index is -0.120. The molecule has 1 aliphatic heterocycles. The first-order valence-corrected chi connectivity index (χ1v) is 10.9. The maximum Gasteiger partial charge on any atom is 0.274 e. The van der Waals surface area contributed by atoms with Gasteiger partial charge >= 0.3 is 0 Å². The monoisotopic (exact) mass is 450 g/mol. The lowest BCUT2D eigenvalue weighted by Crippen LogP contribution is -2.30. The van der Waals surface area contributed by atoms with E-state index in [1.54, 1.807) is 26.2 Å². The standard InChI is InChI=1S/C25H23ClN2O4/c1-30-20-11-15-10-18(27-22(15)24(32-3)23(20)31-2)25(29)28-13-16(12-26)21-17-7-5-4-6-14(17)8-9-19(21)28/h4-11,16,27H,12-13H2,1-3H3/t16-/m0/s1. The van der Waals surface area contributed by atoms with Gasteiger partial charge in [0.05, 0.1) is 26.8 Å². The molecule has 0 unspecified atom stereocenters. The van der Waals surface area contributed by atoms with E-state index >= 15 is 0 Å². The van der Waals surface area contributed by atoms with Crippen molar-refractivity contribution in [3.8, 4) is 17.2 Å². The minimum Gasteiger partial charge on any atom is -0.493 e. The maximum atomic E-state index is 13.6. The van der Waals surface area contributed by atoms with Gasteiger partial charge in [-0.3, -0.25) is 4.79 Å². The molecule has 0 bridgehead atoms. The lowest BCUT2D eigenvalue weighted by Gasteiger charge is -2.17. The van der Waals surface area contributed by atoms with Crippen LogP contribution in [0.4, 0.5) is 5.69 Å². The van der Waals surface area contributed by atoms with Crippen LogP contribution in [-0.2, 0) is 0 Å². The highest BCUT2D eigenvalue weighted by Crippen LogP contribution is 2.45. The quantitative estimate of drug-likeness (QED) is 0.417. The number of ether oxygens (including phenoxy) is 3. The van der Waals surface area contributed by atoms with E-state index in [0.29, 0.717) is 40.9 Å². The normalized spacial score (nSPS) is 15.2. The van der Waals surface area contributed by atoms with Gasteiger partial charge in [0.25, 0.3) is 5.91 Å². The number of anilines is 1. The van der Waals surface area contributed by atoms with Gasteiger partial charge < -0.3 is 24.1 Å². The molecule has 0 aliphatic carbocycles. The Morgan fingerprint density at radius 2 is 1.81 bits per heavy atom. The van der Waals surface area contributed by atoms with Crippen molar-refractivity contribution in [3.05, 3.63) is 59.8 Å². The number of halogens is 1. The number of nitrogens with zero attached hydrogens (tertiary/aromatic N) is 1. The van der Waals surface area contributed by atoms with Crippen LogP contribution in [-0.4, -0.2) is 44.6 Å². The molecule has 0 radical (unpaired) electrons. The Bertz CT molecular complexity index is 1350. The van der Waals surface area contributed by atoms with Gasteiger partial charge in [0.2, 0.25) is 5.75 Å². The zero-order valence-corrected chi connectivity index (χ0v) is 18.8. The van der Waals surface area contributed by atoms with Crippen LogP contribution in [0.25, 0.3) is 21.7 Å². The highest BCUT2D eigenvalue weighted by molar-refractivity contribution is 6.19. The molecule has 5 rings (SSSR count). The molecule has 3 aromatic carbocycles. The number of hydrogen-bond acceptors (Lipinski definition) is 4. The number of rotatable bonds is 5. The second-order valence-corrected chi connectivity index (χ2v) is 8.09. The summed E-state index contributed by atoms with van der Waals surface area (Å²) in [5.74, 6) is 1.90. The van der Waals surface area contributed by atoms with Crippen LogP contribution in [0.1, 0.15) is 22.0 Å². The molecule has 1 aromatic heterocycles. The third-order valence-corrected chi connectivity index (χ3v) is 6.50. The van der Waals surface area contributed by atoms with Crippen LogP contribution in [0.2, 0.25) is 0 Å². The molecule has 1 amide bonds. The molecular weight excluding hydrogens is 428 g/mol. The molecule has 1 atom stereocenters. The van der Waals surface area contributed by atoms with Crippen LogP contribution in [0.15, 0.2) is 48.5 Å². The van der Waals surface area contributed by atoms with Gasteiger partial charge in [0.15, 0.2) is 11.5 Å². The van der Waals surface area contributed by atoms with E-state index in [1.165, 1.54) is 0 Å². The summed E-state index contributed by atoms with van der Waals surface area (Å²) in [6.07, 6.45) is 0. The molecule has 0 saturated heterocycles. The zero-order valence-electron chi connectivity index (χ0n) is 18.1. The summed E-state index contributed by atoms with van der Waals surface area (Å²) in [4.78, 5) is 18.7. The van der Waals surface area contributed by atoms with Crippen LogP contribution < -0.4 is 19.1 Å². The van der Waals surface area contributed by atoms with E-state index in [9.17, 15) is 4.79 Å². The van der Waals surface area contributed by atoms with Crippen LogP contribution in [0, 0.1) is 0 Å². The maximum absolute atomic E-state index is 13.6. The first-order chi connectivity index (χ1) is 15.6. The van der Waals surface area contributed by atoms with Gasteiger partial charge in [-0.1, -0.05) is 30.3 Å². The van der Waals surface area contributed by atoms with E-state index in [-0.39, 0.29) is 11.8 Å². The fourth-order valence-corrected chi connectivity index (χ4v) is 4.93. The first kappa shape index (κ1) is 20.5. The van der Waals surface area contributed by atoms with Gasteiger partial charge in [-0.15, -0.1) is 11.6 Å². The summed E-state index contributed by atoms with van der Waals surface area (Å²) in [5, 5.41) is 3.08. The van der Waals surface area contributed by atoms with Crippen molar-refractivity contribution in [3.63, 3.8) is 0 Å². The number of methoxy groups -OCH3 is 3. The highest BCUT2D eigenvalue weighted by Gasteiger charge is 2.34. The van der Waals surface area contributed by atoms with Crippen molar-refractivity contribution < 1.29 is 19.0 Å². The molecule has 7 heteroatoms. The van der Waals surface area contributed by atoms with Gasteiger partial charge in [0, 0.05) is 29.4 Å². The molecule has 0 saturated carbocycles. The van der Waals surface area contributed by atoms with Crippen molar-refractivity contribution in [1.82, 2.24) is 4.98 Å². The summed E-state index contributed by atoms with van der Waals surface area (Å²) in [7, 11) is 4.69. The predicted molar refractivity (Wildman–Crippen MR) is 127 cm³/mol. The Morgan fingerprint density at radius 3 is 2.53 bits per heavy atom. The molecule has 6 nitrogen and oxygen atoms in total. The fourth-order valence-electron chi connectivity index (χ4n) is 4.68. The number of aromatic nitrogens is 1. The lowest BCUT2D eigenvalue weighted by atomic mass is 9.96. The molecule has 164 valence electrons. The summed E-state index contributed by atoms with van der Waals surface area (Å²) in [5.41, 5.74) is 3.17. The SMILES string of the molecule is COc1cc2cc(C(=O)N3C[C@H](CCl)c4c3ccc3ccccc43)[nH]c2c(OC)c1OC. The van der Waals surface area contributed by atoms with Crippen LogP contribution >= 0.6 is 11.6 Å². The number of carbonyl (C=O) groups excluding carboxylic acids is 1. The molecule has 2 heterocycles. The lowest BCUT2D eigenvalue weighted by molar-refractivity contribution is 0.0984. The summed E-state index contributed by atoms with van der Waals surface area (Å²) in [6.45, 7) is 0.533. The number of hydrogen-bond donors (Lipinski definition) is 1. The average molecular weight is 451 g/mol. The Labute approximate surface area is 190 Å². The third-order valence-electron chi connectivity index (χ3n) is 6.13. The van der Waals surface area contributed by atoms with E-state index < -0.39 is 0 Å². The molecule has 0 fully saturated rings. The molecule has 32 heavy (non-hydrogen) atoms. The van der Waals surface area contributed by atoms with E-state index in [1.807, 2.05) is 30.3 Å². The third kappa shape index (κ3) is 2.98. The number of fused-ring (bicyclic) bond motifs is 4. The Hall–Kier alpha value is -3.38. The second kappa shape index (κ2) is 7.95. The number of benzene rings is 3. The molecule has 1 aliphatic rings. The second-order valence-electron chi connectivity index (χ2n) is 7.78. The smallest absolute Gasteiger partial charge is 0.274 e. The molecular formula is C25H23ClN2O4. The van der Waals surface area contributed by atoms with Gasteiger partial charge in [-0.25, -0.2) is 0 Å². The predicted octanol–water partition coefficient (Wildman–Crippen LogP) is 5.33. The van der Waals surface area contributed by atoms with Crippen LogP contribution in [0.3, 0.4) is 0 Å². The fraction of sp³-hybridized carbons (Fsp3) is 0.240. The Kier molecular flexibility index (Phi) is 5.10. The van der Waals surface area contributed by atoms with E-state index in [0.717, 1.165) is 27.4 Å². The zero-order chi connectivity index (χ0) is 22.4. The summed E-state index contributed by atoms with van der Waals surface area (Å²) < 4.78 is 16.5.